The summed E-state index contributed by atoms with van der Waals surface area (Å²) in [6, 6.07) is 7.60. The number of nitrogens with two attached hydrogens (primary N) is 1. The maximum absolute atomic E-state index is 12.6. The number of methoxy groups -OCH3 is 1. The van der Waals surface area contributed by atoms with Gasteiger partial charge in [0.1, 0.15) is 17.1 Å². The summed E-state index contributed by atoms with van der Waals surface area (Å²) in [5.41, 5.74) is 5.52. The number of nitrogens with one attached hydrogen (secondary N) is 2. The Hall–Kier alpha value is -3.12. The smallest absolute Gasteiger partial charge is 0.330 e. The van der Waals surface area contributed by atoms with E-state index >= 15 is 0 Å². The van der Waals surface area contributed by atoms with Crippen molar-refractivity contribution in [3.8, 4) is 5.75 Å². The highest BCUT2D eigenvalue weighted by atomic mass is 32.2. The lowest BCUT2D eigenvalue weighted by molar-refractivity contribution is 0.102. The molecular weight excluding hydrogens is 440 g/mol. The van der Waals surface area contributed by atoms with Crippen molar-refractivity contribution >= 4 is 39.8 Å². The summed E-state index contributed by atoms with van der Waals surface area (Å²) in [5, 5.41) is 11.9. The average molecular weight is 461 g/mol. The summed E-state index contributed by atoms with van der Waals surface area (Å²) in [7, 11) is 1.62. The quantitative estimate of drug-likeness (QED) is 0.322. The van der Waals surface area contributed by atoms with E-state index in [1.165, 1.54) is 27.7 Å². The van der Waals surface area contributed by atoms with Gasteiger partial charge in [0, 0.05) is 12.6 Å². The molecule has 1 aliphatic carbocycles. The van der Waals surface area contributed by atoms with Crippen LogP contribution in [0.5, 0.6) is 5.75 Å². The molecule has 12 heteroatoms. The number of anilines is 2. The molecule has 4 rings (SSSR count). The first-order valence-corrected chi connectivity index (χ1v) is 11.3. The Kier molecular flexibility index (Phi) is 6.09. The zero-order chi connectivity index (χ0) is 22.0. The van der Waals surface area contributed by atoms with Gasteiger partial charge in [-0.25, -0.2) is 4.79 Å². The first-order valence-electron chi connectivity index (χ1n) is 9.47. The number of ether oxygens (including phenoxy) is 1. The van der Waals surface area contributed by atoms with Crippen LogP contribution in [0.15, 0.2) is 38.2 Å². The standard InChI is InChI=1S/C19H20N6O4S2/c1-29-12-6-2-10(3-7-12)8-21-17-23-24-19(31-17)30-9-13(26)14-15(20)25(11-4-5-11)18(28)22-16(14)27/h2-3,6-7,11H,4-5,8-9,20H2,1H3,(H,21,23)(H,22,27,28). The number of nitrogens with zero attached hydrogens (tertiary/aromatic N) is 3. The lowest BCUT2D eigenvalue weighted by Crippen LogP contribution is -2.36. The summed E-state index contributed by atoms with van der Waals surface area (Å²) in [6.45, 7) is 0.566. The number of carbonyl (C=O) groups is 1. The Bertz CT molecular complexity index is 1210. The van der Waals surface area contributed by atoms with Crippen molar-refractivity contribution in [2.45, 2.75) is 29.8 Å². The summed E-state index contributed by atoms with van der Waals surface area (Å²) in [4.78, 5) is 38.9. The van der Waals surface area contributed by atoms with Crippen molar-refractivity contribution in [1.82, 2.24) is 19.7 Å². The molecule has 1 fully saturated rings. The van der Waals surface area contributed by atoms with E-state index in [4.69, 9.17) is 10.5 Å². The number of H-pyrrole nitrogens is 1. The number of carbonyl (C=O) groups excluding carboxylic acids is 1. The molecule has 10 nitrogen and oxygen atoms in total. The van der Waals surface area contributed by atoms with Crippen LogP contribution in [0.1, 0.15) is 34.8 Å². The van der Waals surface area contributed by atoms with E-state index in [1.807, 2.05) is 24.3 Å². The van der Waals surface area contributed by atoms with E-state index in [0.717, 1.165) is 24.2 Å². The second-order valence-electron chi connectivity index (χ2n) is 6.91. The first-order chi connectivity index (χ1) is 15.0. The number of rotatable bonds is 9. The second kappa shape index (κ2) is 8.94. The topological polar surface area (TPSA) is 145 Å². The normalized spacial score (nSPS) is 13.2. The molecule has 0 unspecified atom stereocenters. The molecule has 1 aromatic carbocycles. The van der Waals surface area contributed by atoms with Crippen LogP contribution in [0.2, 0.25) is 0 Å². The first kappa shape index (κ1) is 21.1. The van der Waals surface area contributed by atoms with Crippen molar-refractivity contribution in [2.75, 3.05) is 23.9 Å². The second-order valence-corrected chi connectivity index (χ2v) is 9.11. The lowest BCUT2D eigenvalue weighted by Gasteiger charge is -2.10. The van der Waals surface area contributed by atoms with Crippen LogP contribution < -0.4 is 27.0 Å². The molecule has 0 atom stereocenters. The van der Waals surface area contributed by atoms with Gasteiger partial charge < -0.3 is 15.8 Å². The van der Waals surface area contributed by atoms with Crippen LogP contribution in [-0.2, 0) is 6.54 Å². The van der Waals surface area contributed by atoms with Gasteiger partial charge >= 0.3 is 5.69 Å². The minimum Gasteiger partial charge on any atom is -0.497 e. The SMILES string of the molecule is COc1ccc(CNc2nnc(SCC(=O)c3c(N)n(C4CC4)c(=O)[nH]c3=O)s2)cc1. The third-order valence-corrected chi connectivity index (χ3v) is 6.72. The largest absolute Gasteiger partial charge is 0.497 e. The van der Waals surface area contributed by atoms with Gasteiger partial charge in [-0.15, -0.1) is 10.2 Å². The molecule has 0 amide bonds. The molecule has 0 saturated heterocycles. The fraction of sp³-hybridized carbons (Fsp3) is 0.316. The van der Waals surface area contributed by atoms with Crippen molar-refractivity contribution in [3.05, 3.63) is 56.2 Å². The number of aromatic amines is 1. The van der Waals surface area contributed by atoms with Gasteiger partial charge in [0.25, 0.3) is 5.56 Å². The highest BCUT2D eigenvalue weighted by Crippen LogP contribution is 2.35. The van der Waals surface area contributed by atoms with Crippen LogP contribution in [-0.4, -0.2) is 38.4 Å². The van der Waals surface area contributed by atoms with Crippen molar-refractivity contribution in [1.29, 1.82) is 0 Å². The molecular formula is C19H20N6O4S2. The number of ketones is 1. The van der Waals surface area contributed by atoms with E-state index < -0.39 is 17.0 Å². The molecule has 0 radical (unpaired) electrons. The average Bonchev–Trinajstić information content (AvgIpc) is 3.47. The summed E-state index contributed by atoms with van der Waals surface area (Å²) in [5.74, 6) is 0.223. The molecule has 1 saturated carbocycles. The predicted molar refractivity (Wildman–Crippen MR) is 119 cm³/mol. The Morgan fingerprint density at radius 2 is 2.06 bits per heavy atom. The van der Waals surface area contributed by atoms with Crippen LogP contribution in [0.4, 0.5) is 10.9 Å². The fourth-order valence-corrected chi connectivity index (χ4v) is 4.61. The Morgan fingerprint density at radius 3 is 2.74 bits per heavy atom. The molecule has 162 valence electrons. The Morgan fingerprint density at radius 1 is 1.32 bits per heavy atom. The summed E-state index contributed by atoms with van der Waals surface area (Å²) >= 11 is 2.47. The van der Waals surface area contributed by atoms with Gasteiger partial charge in [0.15, 0.2) is 10.1 Å². The molecule has 0 bridgehead atoms. The highest BCUT2D eigenvalue weighted by Gasteiger charge is 2.30. The van der Waals surface area contributed by atoms with E-state index in [-0.39, 0.29) is 23.2 Å². The van der Waals surface area contributed by atoms with Crippen LogP contribution >= 0.6 is 23.1 Å². The van der Waals surface area contributed by atoms with Crippen molar-refractivity contribution in [2.24, 2.45) is 0 Å². The third kappa shape index (κ3) is 4.80. The fourth-order valence-electron chi connectivity index (χ4n) is 2.99. The van der Waals surface area contributed by atoms with E-state index in [0.29, 0.717) is 16.0 Å². The van der Waals surface area contributed by atoms with Gasteiger partial charge in [-0.1, -0.05) is 35.2 Å². The van der Waals surface area contributed by atoms with E-state index in [1.54, 1.807) is 7.11 Å². The number of hydrogen-bond donors (Lipinski definition) is 3. The maximum atomic E-state index is 12.6. The zero-order valence-electron chi connectivity index (χ0n) is 16.6. The van der Waals surface area contributed by atoms with Gasteiger partial charge in [0.2, 0.25) is 5.13 Å². The molecule has 0 aliphatic heterocycles. The Labute approximate surface area is 184 Å². The maximum Gasteiger partial charge on any atom is 0.330 e. The minimum absolute atomic E-state index is 0.0384. The third-order valence-electron chi connectivity index (χ3n) is 4.71. The number of nitrogen functional groups attached to an aromatic ring is 1. The minimum atomic E-state index is -0.760. The lowest BCUT2D eigenvalue weighted by atomic mass is 10.2. The number of benzene rings is 1. The predicted octanol–water partition coefficient (Wildman–Crippen LogP) is 1.90. The van der Waals surface area contributed by atoms with Crippen molar-refractivity contribution < 1.29 is 9.53 Å². The van der Waals surface area contributed by atoms with Gasteiger partial charge in [-0.05, 0) is 30.5 Å². The number of aromatic nitrogens is 4. The van der Waals surface area contributed by atoms with Crippen LogP contribution in [0.25, 0.3) is 0 Å². The monoisotopic (exact) mass is 460 g/mol. The number of Topliss-reactive ketones (excluding diaryl/α,β-unsaturated/α-hetero) is 1. The van der Waals surface area contributed by atoms with Crippen LogP contribution in [0, 0.1) is 0 Å². The molecule has 1 aliphatic rings. The number of hydrogen-bond acceptors (Lipinski definition) is 10. The Balaban J connectivity index is 1.37. The van der Waals surface area contributed by atoms with E-state index in [2.05, 4.69) is 20.5 Å². The van der Waals surface area contributed by atoms with Gasteiger partial charge in [0.05, 0.1) is 12.9 Å². The number of thioether (sulfide) groups is 1. The summed E-state index contributed by atoms with van der Waals surface area (Å²) in [6.07, 6.45) is 1.60. The summed E-state index contributed by atoms with van der Waals surface area (Å²) < 4.78 is 7.01. The molecule has 2 heterocycles. The molecule has 2 aromatic heterocycles. The van der Waals surface area contributed by atoms with Crippen molar-refractivity contribution in [3.63, 3.8) is 0 Å². The van der Waals surface area contributed by atoms with Gasteiger partial charge in [-0.2, -0.15) is 0 Å². The zero-order valence-corrected chi connectivity index (χ0v) is 18.2. The molecule has 0 spiro atoms. The molecule has 31 heavy (non-hydrogen) atoms. The van der Waals surface area contributed by atoms with Gasteiger partial charge in [-0.3, -0.25) is 19.1 Å². The van der Waals surface area contributed by atoms with Crippen LogP contribution in [0.3, 0.4) is 0 Å². The van der Waals surface area contributed by atoms with E-state index in [9.17, 15) is 14.4 Å². The molecule has 4 N–H and O–H groups in total. The molecule has 3 aromatic rings. The highest BCUT2D eigenvalue weighted by molar-refractivity contribution is 8.01.